The fourth-order valence-electron chi connectivity index (χ4n) is 2.42. The van der Waals surface area contributed by atoms with Crippen molar-refractivity contribution in [1.29, 1.82) is 0 Å². The zero-order valence-electron chi connectivity index (χ0n) is 11.4. The monoisotopic (exact) mass is 295 g/mol. The van der Waals surface area contributed by atoms with Crippen LogP contribution in [-0.4, -0.2) is 52.3 Å². The zero-order valence-corrected chi connectivity index (χ0v) is 11.4. The molecule has 114 valence electrons. The number of hydrogen-bond donors (Lipinski definition) is 3. The maximum Gasteiger partial charge on any atom is 0.287 e. The lowest BCUT2D eigenvalue weighted by Gasteiger charge is -2.33. The second-order valence-electron chi connectivity index (χ2n) is 4.91. The van der Waals surface area contributed by atoms with Gasteiger partial charge in [0.2, 0.25) is 5.91 Å². The highest BCUT2D eigenvalue weighted by atomic mass is 16.6. The molecule has 0 unspecified atom stereocenters. The average Bonchev–Trinajstić information content (AvgIpc) is 2.95. The summed E-state index contributed by atoms with van der Waals surface area (Å²) in [7, 11) is 0. The molecule has 0 bridgehead atoms. The number of carbonyl (C=O) groups excluding carboxylic acids is 2. The Bertz CT molecular complexity index is 550. The lowest BCUT2D eigenvalue weighted by atomic mass is 10.0. The van der Waals surface area contributed by atoms with Gasteiger partial charge < -0.3 is 20.9 Å². The molecule has 1 aromatic heterocycles. The number of primary amides is 1. The van der Waals surface area contributed by atoms with Crippen LogP contribution in [0, 0.1) is 10.1 Å². The van der Waals surface area contributed by atoms with Crippen LogP contribution >= 0.6 is 0 Å². The third kappa shape index (κ3) is 3.57. The number of aromatic amines is 1. The minimum Gasteiger partial charge on any atom is -0.368 e. The first-order valence-electron chi connectivity index (χ1n) is 6.62. The molecule has 0 aromatic carbocycles. The normalized spacial score (nSPS) is 15.6. The summed E-state index contributed by atoms with van der Waals surface area (Å²) in [5.41, 5.74) is 5.10. The number of nitrogens with one attached hydrogen (secondary N) is 2. The van der Waals surface area contributed by atoms with Crippen LogP contribution in [0.1, 0.15) is 23.3 Å². The van der Waals surface area contributed by atoms with E-state index in [9.17, 15) is 19.7 Å². The first-order chi connectivity index (χ1) is 9.99. The van der Waals surface area contributed by atoms with Crippen molar-refractivity contribution in [3.8, 4) is 0 Å². The third-order valence-corrected chi connectivity index (χ3v) is 3.45. The standard InChI is InChI=1S/C12H17N5O4/c13-11(18)7-16(8-1-3-14-4-2-8)12(19)10-5-9(6-15-10)17(20)21/h5-6,8,14-15H,1-4,7H2,(H2,13,18). The highest BCUT2D eigenvalue weighted by molar-refractivity contribution is 5.95. The summed E-state index contributed by atoms with van der Waals surface area (Å²) in [5.74, 6) is -1.06. The molecular formula is C12H17N5O4. The van der Waals surface area contributed by atoms with Crippen molar-refractivity contribution in [3.63, 3.8) is 0 Å². The number of nitrogens with zero attached hydrogens (tertiary/aromatic N) is 2. The summed E-state index contributed by atoms with van der Waals surface area (Å²) in [5, 5.41) is 13.8. The number of rotatable bonds is 5. The highest BCUT2D eigenvalue weighted by Crippen LogP contribution is 2.18. The van der Waals surface area contributed by atoms with E-state index in [0.717, 1.165) is 25.4 Å². The Morgan fingerprint density at radius 3 is 2.62 bits per heavy atom. The predicted octanol–water partition coefficient (Wildman–Crippen LogP) is -0.398. The molecule has 0 spiro atoms. The molecule has 1 aromatic rings. The van der Waals surface area contributed by atoms with Crippen molar-refractivity contribution in [2.45, 2.75) is 18.9 Å². The second kappa shape index (κ2) is 6.35. The first-order valence-corrected chi connectivity index (χ1v) is 6.62. The molecule has 0 saturated carbocycles. The Kier molecular flexibility index (Phi) is 4.53. The van der Waals surface area contributed by atoms with Crippen LogP contribution in [-0.2, 0) is 4.79 Å². The van der Waals surface area contributed by atoms with Gasteiger partial charge in [-0.05, 0) is 25.9 Å². The second-order valence-corrected chi connectivity index (χ2v) is 4.91. The molecule has 21 heavy (non-hydrogen) atoms. The summed E-state index contributed by atoms with van der Waals surface area (Å²) < 4.78 is 0. The fraction of sp³-hybridized carbons (Fsp3) is 0.500. The van der Waals surface area contributed by atoms with Crippen LogP contribution in [0.4, 0.5) is 5.69 Å². The summed E-state index contributed by atoms with van der Waals surface area (Å²) >= 11 is 0. The van der Waals surface area contributed by atoms with Crippen LogP contribution in [0.15, 0.2) is 12.3 Å². The molecule has 1 saturated heterocycles. The molecule has 9 nitrogen and oxygen atoms in total. The number of aromatic nitrogens is 1. The third-order valence-electron chi connectivity index (χ3n) is 3.45. The maximum absolute atomic E-state index is 12.5. The Labute approximate surface area is 120 Å². The molecular weight excluding hydrogens is 278 g/mol. The summed E-state index contributed by atoms with van der Waals surface area (Å²) in [6.45, 7) is 1.30. The Morgan fingerprint density at radius 2 is 2.10 bits per heavy atom. The van der Waals surface area contributed by atoms with Gasteiger partial charge in [0.15, 0.2) is 0 Å². The van der Waals surface area contributed by atoms with Gasteiger partial charge in [-0.25, -0.2) is 0 Å². The van der Waals surface area contributed by atoms with Gasteiger partial charge in [-0.2, -0.15) is 0 Å². The quantitative estimate of drug-likeness (QED) is 0.502. The topological polar surface area (TPSA) is 134 Å². The number of carbonyl (C=O) groups is 2. The first kappa shape index (κ1) is 15.0. The average molecular weight is 295 g/mol. The van der Waals surface area contributed by atoms with E-state index in [-0.39, 0.29) is 24.0 Å². The van der Waals surface area contributed by atoms with E-state index in [1.165, 1.54) is 4.90 Å². The van der Waals surface area contributed by atoms with E-state index >= 15 is 0 Å². The van der Waals surface area contributed by atoms with Gasteiger partial charge in [-0.3, -0.25) is 19.7 Å². The zero-order chi connectivity index (χ0) is 15.4. The summed E-state index contributed by atoms with van der Waals surface area (Å²) in [6.07, 6.45) is 2.57. The van der Waals surface area contributed by atoms with Gasteiger partial charge in [0, 0.05) is 12.1 Å². The number of nitro groups is 1. The summed E-state index contributed by atoms with van der Waals surface area (Å²) in [6, 6.07) is 1.06. The number of hydrogen-bond acceptors (Lipinski definition) is 5. The Hall–Kier alpha value is -2.42. The number of piperidine rings is 1. The van der Waals surface area contributed by atoms with Crippen LogP contribution in [0.5, 0.6) is 0 Å². The largest absolute Gasteiger partial charge is 0.368 e. The van der Waals surface area contributed by atoms with E-state index < -0.39 is 16.7 Å². The van der Waals surface area contributed by atoms with Gasteiger partial charge in [0.05, 0.1) is 17.7 Å². The minimum absolute atomic E-state index is 0.0847. The molecule has 4 N–H and O–H groups in total. The predicted molar refractivity (Wildman–Crippen MR) is 73.6 cm³/mol. The van der Waals surface area contributed by atoms with Gasteiger partial charge in [0.1, 0.15) is 5.69 Å². The van der Waals surface area contributed by atoms with Crippen LogP contribution < -0.4 is 11.1 Å². The van der Waals surface area contributed by atoms with Crippen molar-refractivity contribution in [1.82, 2.24) is 15.2 Å². The van der Waals surface area contributed by atoms with E-state index in [0.29, 0.717) is 12.8 Å². The SMILES string of the molecule is NC(=O)CN(C(=O)c1cc([N+](=O)[O-])c[nH]1)C1CCNCC1. The molecule has 2 amide bonds. The highest BCUT2D eigenvalue weighted by Gasteiger charge is 2.29. The lowest BCUT2D eigenvalue weighted by Crippen LogP contribution is -2.49. The molecule has 1 aliphatic heterocycles. The van der Waals surface area contributed by atoms with Crippen molar-refractivity contribution in [2.24, 2.45) is 5.73 Å². The number of H-pyrrole nitrogens is 1. The molecule has 0 aliphatic carbocycles. The van der Waals surface area contributed by atoms with Crippen LogP contribution in [0.2, 0.25) is 0 Å². The van der Waals surface area contributed by atoms with E-state index in [4.69, 9.17) is 5.73 Å². The van der Waals surface area contributed by atoms with Gasteiger partial charge >= 0.3 is 0 Å². The molecule has 0 radical (unpaired) electrons. The van der Waals surface area contributed by atoms with Gasteiger partial charge in [-0.15, -0.1) is 0 Å². The van der Waals surface area contributed by atoms with Crippen molar-refractivity contribution < 1.29 is 14.5 Å². The van der Waals surface area contributed by atoms with Gasteiger partial charge in [0.25, 0.3) is 11.6 Å². The maximum atomic E-state index is 12.5. The summed E-state index contributed by atoms with van der Waals surface area (Å²) in [4.78, 5) is 37.7. The number of amides is 2. The van der Waals surface area contributed by atoms with E-state index in [1.807, 2.05) is 0 Å². The lowest BCUT2D eigenvalue weighted by molar-refractivity contribution is -0.384. The van der Waals surface area contributed by atoms with E-state index in [2.05, 4.69) is 10.3 Å². The fourth-order valence-corrected chi connectivity index (χ4v) is 2.42. The number of nitrogens with two attached hydrogens (primary N) is 1. The smallest absolute Gasteiger partial charge is 0.287 e. The van der Waals surface area contributed by atoms with Crippen molar-refractivity contribution >= 4 is 17.5 Å². The molecule has 2 rings (SSSR count). The van der Waals surface area contributed by atoms with Crippen molar-refractivity contribution in [3.05, 3.63) is 28.1 Å². The van der Waals surface area contributed by atoms with Crippen LogP contribution in [0.3, 0.4) is 0 Å². The molecule has 2 heterocycles. The Morgan fingerprint density at radius 1 is 1.43 bits per heavy atom. The van der Waals surface area contributed by atoms with E-state index in [1.54, 1.807) is 0 Å². The molecule has 1 aliphatic rings. The van der Waals surface area contributed by atoms with Gasteiger partial charge in [-0.1, -0.05) is 0 Å². The Balaban J connectivity index is 2.19. The molecule has 0 atom stereocenters. The molecule has 9 heteroatoms. The van der Waals surface area contributed by atoms with Crippen molar-refractivity contribution in [2.75, 3.05) is 19.6 Å². The molecule has 1 fully saturated rings. The minimum atomic E-state index is -0.608. The van der Waals surface area contributed by atoms with Crippen LogP contribution in [0.25, 0.3) is 0 Å².